The number of nitrogens with zero attached hydrogens (tertiary/aromatic N) is 1. The van der Waals surface area contributed by atoms with Gasteiger partial charge in [0, 0.05) is 24.6 Å². The molecule has 0 saturated carbocycles. The molecular formula is C17H25NO3. The maximum absolute atomic E-state index is 13.0. The first-order chi connectivity index (χ1) is 9.91. The molecule has 116 valence electrons. The fourth-order valence-electron chi connectivity index (χ4n) is 3.24. The van der Waals surface area contributed by atoms with Crippen LogP contribution < -0.4 is 0 Å². The number of Topliss-reactive ketones (excluding diaryl/α,β-unsaturated/α-hetero) is 1. The van der Waals surface area contributed by atoms with E-state index < -0.39 is 0 Å². The molecule has 1 aromatic heterocycles. The number of furan rings is 1. The summed E-state index contributed by atoms with van der Waals surface area (Å²) in [7, 11) is 0. The predicted octanol–water partition coefficient (Wildman–Crippen LogP) is 3.57. The normalized spacial score (nSPS) is 19.4. The van der Waals surface area contributed by atoms with Crippen molar-refractivity contribution in [1.29, 1.82) is 0 Å². The van der Waals surface area contributed by atoms with E-state index in [2.05, 4.69) is 0 Å². The number of hydrogen-bond donors (Lipinski definition) is 0. The number of hydrogen-bond acceptors (Lipinski definition) is 3. The minimum atomic E-state index is 0.0231. The Balaban J connectivity index is 2.30. The standard InChI is InChI=1S/C17H25NO3/c1-11(19)10-15-8-6-5-7-9-18(15)17(20)16-12(2)13(3)21-14(16)4/h15H,5-10H2,1-4H3. The van der Waals surface area contributed by atoms with Crippen molar-refractivity contribution in [3.05, 3.63) is 22.6 Å². The van der Waals surface area contributed by atoms with Gasteiger partial charge in [-0.25, -0.2) is 0 Å². The van der Waals surface area contributed by atoms with E-state index in [4.69, 9.17) is 4.42 Å². The van der Waals surface area contributed by atoms with Crippen LogP contribution in [0.5, 0.6) is 0 Å². The first-order valence-electron chi connectivity index (χ1n) is 7.78. The molecule has 1 unspecified atom stereocenters. The molecule has 0 aromatic carbocycles. The summed E-state index contributed by atoms with van der Waals surface area (Å²) in [6.07, 6.45) is 4.60. The lowest BCUT2D eigenvalue weighted by Crippen LogP contribution is -2.41. The molecule has 1 amide bonds. The zero-order valence-electron chi connectivity index (χ0n) is 13.5. The van der Waals surface area contributed by atoms with E-state index in [1.807, 2.05) is 25.7 Å². The van der Waals surface area contributed by atoms with Crippen LogP contribution >= 0.6 is 0 Å². The van der Waals surface area contributed by atoms with Gasteiger partial charge in [-0.2, -0.15) is 0 Å². The van der Waals surface area contributed by atoms with E-state index in [-0.39, 0.29) is 17.7 Å². The van der Waals surface area contributed by atoms with Crippen LogP contribution in [-0.2, 0) is 4.79 Å². The van der Waals surface area contributed by atoms with Gasteiger partial charge in [-0.15, -0.1) is 0 Å². The summed E-state index contributed by atoms with van der Waals surface area (Å²) < 4.78 is 5.59. The highest BCUT2D eigenvalue weighted by atomic mass is 16.3. The second kappa shape index (κ2) is 6.46. The maximum Gasteiger partial charge on any atom is 0.257 e. The molecule has 1 fully saturated rings. The smallest absolute Gasteiger partial charge is 0.257 e. The maximum atomic E-state index is 13.0. The zero-order chi connectivity index (χ0) is 15.6. The van der Waals surface area contributed by atoms with Crippen molar-refractivity contribution in [2.45, 2.75) is 65.8 Å². The summed E-state index contributed by atoms with van der Waals surface area (Å²) in [4.78, 5) is 26.4. The Morgan fingerprint density at radius 1 is 1.14 bits per heavy atom. The van der Waals surface area contributed by atoms with Crippen LogP contribution in [-0.4, -0.2) is 29.2 Å². The monoisotopic (exact) mass is 291 g/mol. The molecule has 4 nitrogen and oxygen atoms in total. The molecule has 1 aliphatic heterocycles. The topological polar surface area (TPSA) is 50.5 Å². The number of likely N-dealkylation sites (tertiary alicyclic amines) is 1. The molecule has 0 radical (unpaired) electrons. The molecule has 1 aliphatic rings. The Hall–Kier alpha value is -1.58. The molecule has 1 aromatic rings. The highest BCUT2D eigenvalue weighted by Gasteiger charge is 2.30. The van der Waals surface area contributed by atoms with Gasteiger partial charge < -0.3 is 9.32 Å². The Kier molecular flexibility index (Phi) is 4.86. The molecule has 0 N–H and O–H groups in total. The largest absolute Gasteiger partial charge is 0.466 e. The minimum Gasteiger partial charge on any atom is -0.466 e. The number of carbonyl (C=O) groups excluding carboxylic acids is 2. The predicted molar refractivity (Wildman–Crippen MR) is 81.5 cm³/mol. The van der Waals surface area contributed by atoms with E-state index >= 15 is 0 Å². The molecule has 0 spiro atoms. The molecule has 2 heterocycles. The molecule has 0 bridgehead atoms. The Bertz CT molecular complexity index is 544. The van der Waals surface area contributed by atoms with E-state index in [0.29, 0.717) is 17.7 Å². The summed E-state index contributed by atoms with van der Waals surface area (Å²) in [5.41, 5.74) is 1.60. The van der Waals surface area contributed by atoms with Crippen LogP contribution in [0.2, 0.25) is 0 Å². The summed E-state index contributed by atoms with van der Waals surface area (Å²) in [5, 5.41) is 0. The molecule has 0 aliphatic carbocycles. The second-order valence-electron chi connectivity index (χ2n) is 6.12. The van der Waals surface area contributed by atoms with Crippen molar-refractivity contribution in [3.63, 3.8) is 0 Å². The molecule has 21 heavy (non-hydrogen) atoms. The van der Waals surface area contributed by atoms with Gasteiger partial charge in [-0.1, -0.05) is 12.8 Å². The summed E-state index contributed by atoms with van der Waals surface area (Å²) in [5.74, 6) is 1.65. The Morgan fingerprint density at radius 3 is 2.43 bits per heavy atom. The lowest BCUT2D eigenvalue weighted by Gasteiger charge is -2.29. The fraction of sp³-hybridized carbons (Fsp3) is 0.647. The van der Waals surface area contributed by atoms with E-state index in [1.165, 1.54) is 0 Å². The van der Waals surface area contributed by atoms with Gasteiger partial charge in [0.25, 0.3) is 5.91 Å². The van der Waals surface area contributed by atoms with Crippen molar-refractivity contribution in [1.82, 2.24) is 4.90 Å². The molecule has 4 heteroatoms. The van der Waals surface area contributed by atoms with Crippen LogP contribution in [0.25, 0.3) is 0 Å². The van der Waals surface area contributed by atoms with Gasteiger partial charge in [-0.05, 0) is 40.5 Å². The molecule has 1 atom stereocenters. The third kappa shape index (κ3) is 3.36. The highest BCUT2D eigenvalue weighted by molar-refractivity contribution is 5.97. The molecular weight excluding hydrogens is 266 g/mol. The van der Waals surface area contributed by atoms with Gasteiger partial charge in [0.2, 0.25) is 0 Å². The summed E-state index contributed by atoms with van der Waals surface area (Å²) in [6.45, 7) is 7.99. The number of carbonyl (C=O) groups is 2. The molecule has 2 rings (SSSR count). The lowest BCUT2D eigenvalue weighted by molar-refractivity contribution is -0.118. The fourth-order valence-corrected chi connectivity index (χ4v) is 3.24. The average Bonchev–Trinajstić information content (AvgIpc) is 2.57. The second-order valence-corrected chi connectivity index (χ2v) is 6.12. The van der Waals surface area contributed by atoms with E-state index in [0.717, 1.165) is 43.6 Å². The summed E-state index contributed by atoms with van der Waals surface area (Å²) in [6, 6.07) is 0.0338. The number of ketones is 1. The highest BCUT2D eigenvalue weighted by Crippen LogP contribution is 2.27. The number of aryl methyl sites for hydroxylation is 2. The minimum absolute atomic E-state index is 0.0231. The number of rotatable bonds is 3. The van der Waals surface area contributed by atoms with Crippen LogP contribution in [0.1, 0.15) is 66.5 Å². The van der Waals surface area contributed by atoms with E-state index in [1.54, 1.807) is 6.92 Å². The summed E-state index contributed by atoms with van der Waals surface area (Å²) >= 11 is 0. The SMILES string of the molecule is CC(=O)CC1CCCCCN1C(=O)c1c(C)oc(C)c1C. The van der Waals surface area contributed by atoms with Crippen LogP contribution in [0.4, 0.5) is 0 Å². The van der Waals surface area contributed by atoms with Crippen LogP contribution in [0.15, 0.2) is 4.42 Å². The number of amides is 1. The van der Waals surface area contributed by atoms with Crippen molar-refractivity contribution < 1.29 is 14.0 Å². The zero-order valence-corrected chi connectivity index (χ0v) is 13.5. The quantitative estimate of drug-likeness (QED) is 0.855. The van der Waals surface area contributed by atoms with Gasteiger partial charge in [0.05, 0.1) is 5.56 Å². The van der Waals surface area contributed by atoms with Gasteiger partial charge in [0.15, 0.2) is 0 Å². The van der Waals surface area contributed by atoms with Crippen LogP contribution in [0, 0.1) is 20.8 Å². The average molecular weight is 291 g/mol. The van der Waals surface area contributed by atoms with E-state index in [9.17, 15) is 9.59 Å². The Morgan fingerprint density at radius 2 is 1.86 bits per heavy atom. The van der Waals surface area contributed by atoms with Gasteiger partial charge in [0.1, 0.15) is 17.3 Å². The molecule has 1 saturated heterocycles. The Labute approximate surface area is 126 Å². The van der Waals surface area contributed by atoms with Gasteiger partial charge in [-0.3, -0.25) is 9.59 Å². The first-order valence-corrected chi connectivity index (χ1v) is 7.78. The van der Waals surface area contributed by atoms with Crippen LogP contribution in [0.3, 0.4) is 0 Å². The van der Waals surface area contributed by atoms with Crippen molar-refractivity contribution in [2.24, 2.45) is 0 Å². The third-order valence-electron chi connectivity index (χ3n) is 4.44. The first kappa shape index (κ1) is 15.8. The van der Waals surface area contributed by atoms with Gasteiger partial charge >= 0.3 is 0 Å². The van der Waals surface area contributed by atoms with Crippen molar-refractivity contribution >= 4 is 11.7 Å². The lowest BCUT2D eigenvalue weighted by atomic mass is 10.0. The third-order valence-corrected chi connectivity index (χ3v) is 4.44. The van der Waals surface area contributed by atoms with Crippen molar-refractivity contribution in [2.75, 3.05) is 6.54 Å². The van der Waals surface area contributed by atoms with Crippen molar-refractivity contribution in [3.8, 4) is 0 Å².